The van der Waals surface area contributed by atoms with Crippen LogP contribution >= 0.6 is 0 Å². The molecule has 0 atom stereocenters. The Balaban J connectivity index is 1.93. The quantitative estimate of drug-likeness (QED) is 0.823. The first-order valence-electron chi connectivity index (χ1n) is 5.76. The molecule has 0 bridgehead atoms. The van der Waals surface area contributed by atoms with Gasteiger partial charge in [0.15, 0.2) is 12.3 Å². The molecule has 1 aliphatic rings. The van der Waals surface area contributed by atoms with Crippen LogP contribution in [0.1, 0.15) is 23.3 Å². The van der Waals surface area contributed by atoms with Gasteiger partial charge in [0, 0.05) is 26.2 Å². The van der Waals surface area contributed by atoms with Crippen molar-refractivity contribution in [3.05, 3.63) is 11.8 Å². The molecule has 1 aromatic heterocycles. The number of carbonyl (C=O) groups excluding carboxylic acids is 1. The van der Waals surface area contributed by atoms with Crippen LogP contribution in [-0.4, -0.2) is 51.4 Å². The minimum atomic E-state index is -1.12. The molecule has 0 unspecified atom stereocenters. The van der Waals surface area contributed by atoms with Gasteiger partial charge in [-0.05, 0) is 12.8 Å². The van der Waals surface area contributed by atoms with Crippen molar-refractivity contribution in [2.75, 3.05) is 19.7 Å². The van der Waals surface area contributed by atoms with E-state index >= 15 is 0 Å². The third kappa shape index (κ3) is 2.61. The van der Waals surface area contributed by atoms with Crippen molar-refractivity contribution >= 4 is 11.9 Å². The highest BCUT2D eigenvalue weighted by atomic mass is 16.5. The van der Waals surface area contributed by atoms with Crippen LogP contribution in [0.3, 0.4) is 0 Å². The molecule has 1 aromatic rings. The molecule has 1 aliphatic heterocycles. The summed E-state index contributed by atoms with van der Waals surface area (Å²) in [6.45, 7) is 1.46. The highest BCUT2D eigenvalue weighted by Gasteiger charge is 2.19. The normalized spacial score (nSPS) is 14.8. The Morgan fingerprint density at radius 1 is 1.44 bits per heavy atom. The van der Waals surface area contributed by atoms with Gasteiger partial charge in [-0.15, -0.1) is 0 Å². The van der Waals surface area contributed by atoms with E-state index in [2.05, 4.69) is 5.10 Å². The molecule has 0 aromatic carbocycles. The van der Waals surface area contributed by atoms with Crippen LogP contribution in [0.25, 0.3) is 0 Å². The number of aromatic carboxylic acids is 1. The fraction of sp³-hybridized carbons (Fsp3) is 0.545. The molecule has 2 rings (SSSR count). The molecule has 0 aliphatic carbocycles. The Morgan fingerprint density at radius 3 is 2.67 bits per heavy atom. The maximum atomic E-state index is 11.7. The number of likely N-dealkylation sites (tertiary alicyclic amines) is 1. The van der Waals surface area contributed by atoms with E-state index in [0.29, 0.717) is 0 Å². The van der Waals surface area contributed by atoms with E-state index in [1.54, 1.807) is 11.9 Å². The van der Waals surface area contributed by atoms with Gasteiger partial charge in [0.05, 0.1) is 0 Å². The molecule has 0 saturated carbocycles. The molecule has 0 spiro atoms. The van der Waals surface area contributed by atoms with Gasteiger partial charge in [0.2, 0.25) is 5.88 Å². The molecule has 7 nitrogen and oxygen atoms in total. The number of ether oxygens (including phenoxy) is 1. The first kappa shape index (κ1) is 12.4. The van der Waals surface area contributed by atoms with Gasteiger partial charge in [-0.25, -0.2) is 9.48 Å². The molecule has 1 saturated heterocycles. The SMILES string of the molecule is Cn1nc(C(=O)O)cc1OCC(=O)N1CCCC1. The summed E-state index contributed by atoms with van der Waals surface area (Å²) in [5.74, 6) is -0.920. The number of carboxylic acid groups (broad SMARTS) is 1. The van der Waals surface area contributed by atoms with Crippen LogP contribution in [-0.2, 0) is 11.8 Å². The second-order valence-electron chi connectivity index (χ2n) is 4.17. The van der Waals surface area contributed by atoms with Gasteiger partial charge in [0.25, 0.3) is 5.91 Å². The van der Waals surface area contributed by atoms with Crippen LogP contribution in [0.15, 0.2) is 6.07 Å². The van der Waals surface area contributed by atoms with E-state index in [0.717, 1.165) is 25.9 Å². The molecule has 1 N–H and O–H groups in total. The molecule has 98 valence electrons. The predicted molar refractivity (Wildman–Crippen MR) is 61.5 cm³/mol. The molecular weight excluding hydrogens is 238 g/mol. The van der Waals surface area contributed by atoms with Gasteiger partial charge >= 0.3 is 5.97 Å². The fourth-order valence-corrected chi connectivity index (χ4v) is 1.88. The van der Waals surface area contributed by atoms with E-state index in [4.69, 9.17) is 9.84 Å². The molecular formula is C11H15N3O4. The van der Waals surface area contributed by atoms with Gasteiger partial charge < -0.3 is 14.7 Å². The summed E-state index contributed by atoms with van der Waals surface area (Å²) >= 11 is 0. The van der Waals surface area contributed by atoms with E-state index in [9.17, 15) is 9.59 Å². The summed E-state index contributed by atoms with van der Waals surface area (Å²) in [4.78, 5) is 24.2. The Morgan fingerprint density at radius 2 is 2.11 bits per heavy atom. The second-order valence-corrected chi connectivity index (χ2v) is 4.17. The van der Waals surface area contributed by atoms with Gasteiger partial charge in [0.1, 0.15) is 0 Å². The zero-order valence-electron chi connectivity index (χ0n) is 10.1. The van der Waals surface area contributed by atoms with Crippen molar-refractivity contribution in [3.63, 3.8) is 0 Å². The fourth-order valence-electron chi connectivity index (χ4n) is 1.88. The molecule has 1 amide bonds. The minimum absolute atomic E-state index is 0.0782. The van der Waals surface area contributed by atoms with Crippen LogP contribution in [0.5, 0.6) is 5.88 Å². The number of amides is 1. The molecule has 18 heavy (non-hydrogen) atoms. The van der Waals surface area contributed by atoms with Gasteiger partial charge in [-0.2, -0.15) is 5.10 Å². The molecule has 1 fully saturated rings. The highest BCUT2D eigenvalue weighted by Crippen LogP contribution is 2.13. The number of nitrogens with zero attached hydrogens (tertiary/aromatic N) is 3. The van der Waals surface area contributed by atoms with Crippen LogP contribution < -0.4 is 4.74 Å². The number of hydrogen-bond acceptors (Lipinski definition) is 4. The van der Waals surface area contributed by atoms with Crippen molar-refractivity contribution in [2.45, 2.75) is 12.8 Å². The van der Waals surface area contributed by atoms with E-state index in [1.807, 2.05) is 0 Å². The van der Waals surface area contributed by atoms with Gasteiger partial charge in [-0.1, -0.05) is 0 Å². The third-order valence-corrected chi connectivity index (χ3v) is 2.86. The number of carbonyl (C=O) groups is 2. The van der Waals surface area contributed by atoms with E-state index in [-0.39, 0.29) is 24.1 Å². The number of rotatable bonds is 4. The lowest BCUT2D eigenvalue weighted by Crippen LogP contribution is -2.32. The Hall–Kier alpha value is -2.05. The number of hydrogen-bond donors (Lipinski definition) is 1. The molecule has 7 heteroatoms. The lowest BCUT2D eigenvalue weighted by atomic mass is 10.4. The minimum Gasteiger partial charge on any atom is -0.476 e. The maximum absolute atomic E-state index is 11.7. The lowest BCUT2D eigenvalue weighted by molar-refractivity contribution is -0.132. The summed E-state index contributed by atoms with van der Waals surface area (Å²) in [5.41, 5.74) is -0.0962. The van der Waals surface area contributed by atoms with Crippen molar-refractivity contribution in [1.82, 2.24) is 14.7 Å². The molecule has 0 radical (unpaired) electrons. The zero-order chi connectivity index (χ0) is 13.1. The van der Waals surface area contributed by atoms with E-state index < -0.39 is 5.97 Å². The largest absolute Gasteiger partial charge is 0.476 e. The van der Waals surface area contributed by atoms with E-state index in [1.165, 1.54) is 10.7 Å². The number of aryl methyl sites for hydroxylation is 1. The number of carboxylic acids is 1. The summed E-state index contributed by atoms with van der Waals surface area (Å²) < 4.78 is 6.59. The summed E-state index contributed by atoms with van der Waals surface area (Å²) in [5, 5.41) is 12.5. The second kappa shape index (κ2) is 5.07. The van der Waals surface area contributed by atoms with Gasteiger partial charge in [-0.3, -0.25) is 4.79 Å². The third-order valence-electron chi connectivity index (χ3n) is 2.86. The van der Waals surface area contributed by atoms with Crippen molar-refractivity contribution in [2.24, 2.45) is 7.05 Å². The Kier molecular flexibility index (Phi) is 3.50. The topological polar surface area (TPSA) is 84.7 Å². The molecule has 2 heterocycles. The van der Waals surface area contributed by atoms with Crippen molar-refractivity contribution < 1.29 is 19.4 Å². The van der Waals surface area contributed by atoms with Crippen LogP contribution in [0, 0.1) is 0 Å². The summed E-state index contributed by atoms with van der Waals surface area (Å²) in [6.07, 6.45) is 2.06. The average Bonchev–Trinajstić information content (AvgIpc) is 2.95. The van der Waals surface area contributed by atoms with Crippen LogP contribution in [0.4, 0.5) is 0 Å². The first-order valence-corrected chi connectivity index (χ1v) is 5.76. The predicted octanol–water partition coefficient (Wildman–Crippen LogP) is 0.119. The summed E-state index contributed by atoms with van der Waals surface area (Å²) in [6, 6.07) is 1.31. The highest BCUT2D eigenvalue weighted by molar-refractivity contribution is 5.85. The summed E-state index contributed by atoms with van der Waals surface area (Å²) in [7, 11) is 1.57. The Labute approximate surface area is 104 Å². The van der Waals surface area contributed by atoms with Crippen LogP contribution in [0.2, 0.25) is 0 Å². The maximum Gasteiger partial charge on any atom is 0.356 e. The smallest absolute Gasteiger partial charge is 0.356 e. The number of aromatic nitrogens is 2. The Bertz CT molecular complexity index is 463. The monoisotopic (exact) mass is 253 g/mol. The van der Waals surface area contributed by atoms with Crippen molar-refractivity contribution in [3.8, 4) is 5.88 Å². The average molecular weight is 253 g/mol. The first-order chi connectivity index (χ1) is 8.58. The standard InChI is InChI=1S/C11H15N3O4/c1-13-10(6-8(12-13)11(16)17)18-7-9(15)14-4-2-3-5-14/h6H,2-5,7H2,1H3,(H,16,17). The zero-order valence-corrected chi connectivity index (χ0v) is 10.1. The van der Waals surface area contributed by atoms with Crippen molar-refractivity contribution in [1.29, 1.82) is 0 Å². The lowest BCUT2D eigenvalue weighted by Gasteiger charge is -2.15.